The highest BCUT2D eigenvalue weighted by Crippen LogP contribution is 2.18. The number of benzene rings is 1. The third kappa shape index (κ3) is 4.03. The van der Waals surface area contributed by atoms with Gasteiger partial charge in [0.25, 0.3) is 0 Å². The molecule has 0 fully saturated rings. The van der Waals surface area contributed by atoms with Gasteiger partial charge in [0.15, 0.2) is 0 Å². The number of esters is 1. The normalized spacial score (nSPS) is 10.7. The number of rotatable bonds is 5. The minimum absolute atomic E-state index is 0.00351. The predicted molar refractivity (Wildman–Crippen MR) is 87.3 cm³/mol. The number of hydrogen-bond donors (Lipinski definition) is 1. The lowest BCUT2D eigenvalue weighted by Crippen LogP contribution is -2.15. The molecule has 0 amide bonds. The van der Waals surface area contributed by atoms with Crippen LogP contribution in [0.25, 0.3) is 12.2 Å². The molecule has 1 heterocycles. The monoisotopic (exact) mass is 311 g/mol. The van der Waals surface area contributed by atoms with E-state index in [2.05, 4.69) is 4.98 Å². The summed E-state index contributed by atoms with van der Waals surface area (Å²) in [5, 5.41) is 9.36. The van der Waals surface area contributed by atoms with Crippen molar-refractivity contribution in [1.82, 2.24) is 4.98 Å². The maximum atomic E-state index is 11.9. The van der Waals surface area contributed by atoms with Crippen LogP contribution in [0.2, 0.25) is 0 Å². The first-order valence-electron chi connectivity index (χ1n) is 7.18. The van der Waals surface area contributed by atoms with Crippen molar-refractivity contribution in [3.05, 3.63) is 64.5 Å². The summed E-state index contributed by atoms with van der Waals surface area (Å²) in [6.45, 7) is 3.43. The zero-order chi connectivity index (χ0) is 16.8. The molecule has 0 unspecified atom stereocenters. The van der Waals surface area contributed by atoms with E-state index in [0.717, 1.165) is 5.56 Å². The molecule has 1 N–H and O–H groups in total. The molecule has 2 rings (SSSR count). The van der Waals surface area contributed by atoms with Crippen LogP contribution in [0.15, 0.2) is 36.4 Å². The fourth-order valence-corrected chi connectivity index (χ4v) is 2.16. The molecule has 1 aromatic carbocycles. The van der Waals surface area contributed by atoms with Gasteiger partial charge in [-0.1, -0.05) is 36.4 Å². The number of aryl methyl sites for hydroxylation is 1. The van der Waals surface area contributed by atoms with Gasteiger partial charge in [0.1, 0.15) is 0 Å². The van der Waals surface area contributed by atoms with Gasteiger partial charge in [0, 0.05) is 0 Å². The van der Waals surface area contributed by atoms with Crippen LogP contribution in [0, 0.1) is 6.92 Å². The second-order valence-corrected chi connectivity index (χ2v) is 4.82. The maximum absolute atomic E-state index is 11.9. The summed E-state index contributed by atoms with van der Waals surface area (Å²) in [6.07, 6.45) is 3.54. The molecule has 0 aliphatic carbocycles. The Labute approximate surface area is 134 Å². The Kier molecular flexibility index (Phi) is 5.25. The average molecular weight is 311 g/mol. The number of pyridine rings is 1. The van der Waals surface area contributed by atoms with Crippen LogP contribution in [0.3, 0.4) is 0 Å². The Morgan fingerprint density at radius 1 is 1.22 bits per heavy atom. The summed E-state index contributed by atoms with van der Waals surface area (Å²) < 4.78 is 4.91. The van der Waals surface area contributed by atoms with Gasteiger partial charge in [0.05, 0.1) is 29.1 Å². The second-order valence-electron chi connectivity index (χ2n) is 4.82. The summed E-state index contributed by atoms with van der Waals surface area (Å²) >= 11 is 0. The number of carboxylic acid groups (broad SMARTS) is 1. The van der Waals surface area contributed by atoms with E-state index in [1.165, 1.54) is 6.07 Å². The van der Waals surface area contributed by atoms with Crippen molar-refractivity contribution < 1.29 is 19.4 Å². The molecule has 5 heteroatoms. The summed E-state index contributed by atoms with van der Waals surface area (Å²) in [5.74, 6) is -1.86. The number of nitrogens with zero attached hydrogens (tertiary/aromatic N) is 1. The number of ether oxygens (including phenoxy) is 1. The van der Waals surface area contributed by atoms with E-state index in [1.807, 2.05) is 36.4 Å². The topological polar surface area (TPSA) is 76.5 Å². The van der Waals surface area contributed by atoms with Gasteiger partial charge < -0.3 is 9.84 Å². The fraction of sp³-hybridized carbons (Fsp3) is 0.167. The van der Waals surface area contributed by atoms with Crippen LogP contribution in [0.4, 0.5) is 0 Å². The molecular weight excluding hydrogens is 294 g/mol. The number of carboxylic acids is 1. The molecule has 0 saturated heterocycles. The summed E-state index contributed by atoms with van der Waals surface area (Å²) in [7, 11) is 0. The number of aromatic carboxylic acids is 1. The van der Waals surface area contributed by atoms with Crippen molar-refractivity contribution in [2.75, 3.05) is 6.61 Å². The highest BCUT2D eigenvalue weighted by atomic mass is 16.5. The van der Waals surface area contributed by atoms with E-state index in [9.17, 15) is 14.7 Å². The predicted octanol–water partition coefficient (Wildman–Crippen LogP) is 3.44. The minimum Gasteiger partial charge on any atom is -0.478 e. The molecule has 0 aliphatic heterocycles. The summed E-state index contributed by atoms with van der Waals surface area (Å²) in [6, 6.07) is 11.0. The molecule has 2 aromatic rings. The van der Waals surface area contributed by atoms with Crippen molar-refractivity contribution >= 4 is 24.1 Å². The quantitative estimate of drug-likeness (QED) is 0.856. The largest absolute Gasteiger partial charge is 0.478 e. The first-order chi connectivity index (χ1) is 11.0. The Balaban J connectivity index is 2.42. The molecule has 118 valence electrons. The highest BCUT2D eigenvalue weighted by Gasteiger charge is 2.22. The third-order valence-electron chi connectivity index (χ3n) is 3.18. The average Bonchev–Trinajstić information content (AvgIpc) is 2.53. The number of hydrogen-bond acceptors (Lipinski definition) is 4. The molecule has 0 saturated carbocycles. The van der Waals surface area contributed by atoms with E-state index < -0.39 is 11.9 Å². The summed E-state index contributed by atoms with van der Waals surface area (Å²) in [4.78, 5) is 27.7. The Hall–Kier alpha value is -2.95. The van der Waals surface area contributed by atoms with Crippen molar-refractivity contribution in [3.8, 4) is 0 Å². The number of carbonyl (C=O) groups excluding carboxylic acids is 1. The zero-order valence-electron chi connectivity index (χ0n) is 12.9. The van der Waals surface area contributed by atoms with Crippen molar-refractivity contribution in [2.24, 2.45) is 0 Å². The van der Waals surface area contributed by atoms with Crippen LogP contribution in [0.5, 0.6) is 0 Å². The van der Waals surface area contributed by atoms with Crippen LogP contribution in [0.1, 0.15) is 44.6 Å². The van der Waals surface area contributed by atoms with Crippen LogP contribution in [-0.2, 0) is 4.74 Å². The lowest BCUT2D eigenvalue weighted by atomic mass is 10.0. The smallest absolute Gasteiger partial charge is 0.340 e. The lowest BCUT2D eigenvalue weighted by molar-refractivity contribution is 0.0513. The maximum Gasteiger partial charge on any atom is 0.340 e. The third-order valence-corrected chi connectivity index (χ3v) is 3.18. The Morgan fingerprint density at radius 3 is 2.52 bits per heavy atom. The van der Waals surface area contributed by atoms with Crippen LogP contribution < -0.4 is 0 Å². The van der Waals surface area contributed by atoms with Gasteiger partial charge in [-0.15, -0.1) is 0 Å². The molecule has 0 bridgehead atoms. The van der Waals surface area contributed by atoms with Crippen molar-refractivity contribution in [1.29, 1.82) is 0 Å². The van der Waals surface area contributed by atoms with Gasteiger partial charge in [-0.25, -0.2) is 9.59 Å². The first-order valence-corrected chi connectivity index (χ1v) is 7.18. The highest BCUT2D eigenvalue weighted by molar-refractivity contribution is 6.03. The molecule has 5 nitrogen and oxygen atoms in total. The summed E-state index contributed by atoms with van der Waals surface area (Å²) in [5.41, 5.74) is 1.66. The minimum atomic E-state index is -1.19. The molecule has 0 aliphatic rings. The Bertz CT molecular complexity index is 751. The first kappa shape index (κ1) is 16.4. The van der Waals surface area contributed by atoms with E-state index in [4.69, 9.17) is 4.74 Å². The van der Waals surface area contributed by atoms with E-state index in [-0.39, 0.29) is 17.7 Å². The van der Waals surface area contributed by atoms with Crippen LogP contribution >= 0.6 is 0 Å². The van der Waals surface area contributed by atoms with Gasteiger partial charge >= 0.3 is 11.9 Å². The zero-order valence-corrected chi connectivity index (χ0v) is 12.9. The lowest BCUT2D eigenvalue weighted by Gasteiger charge is -2.09. The number of carbonyl (C=O) groups is 2. The van der Waals surface area contributed by atoms with E-state index in [1.54, 1.807) is 19.9 Å². The van der Waals surface area contributed by atoms with Crippen molar-refractivity contribution in [2.45, 2.75) is 13.8 Å². The molecule has 1 aromatic heterocycles. The van der Waals surface area contributed by atoms with Gasteiger partial charge in [-0.2, -0.15) is 0 Å². The van der Waals surface area contributed by atoms with E-state index >= 15 is 0 Å². The van der Waals surface area contributed by atoms with Crippen molar-refractivity contribution in [3.63, 3.8) is 0 Å². The molecule has 0 atom stereocenters. The molecule has 0 radical (unpaired) electrons. The molecule has 0 spiro atoms. The molecule has 23 heavy (non-hydrogen) atoms. The van der Waals surface area contributed by atoms with E-state index in [0.29, 0.717) is 11.4 Å². The second kappa shape index (κ2) is 7.35. The SMILES string of the molecule is CCOC(=O)c1c(C(=O)O)cc(/C=C/c2ccccc2)nc1C. The van der Waals surface area contributed by atoms with Gasteiger partial charge in [0.2, 0.25) is 0 Å². The molecular formula is C18H17NO4. The van der Waals surface area contributed by atoms with Gasteiger partial charge in [-0.3, -0.25) is 4.98 Å². The number of aromatic nitrogens is 1. The Morgan fingerprint density at radius 2 is 1.91 bits per heavy atom. The van der Waals surface area contributed by atoms with Gasteiger partial charge in [-0.05, 0) is 31.6 Å². The van der Waals surface area contributed by atoms with Crippen LogP contribution in [-0.4, -0.2) is 28.6 Å². The fourth-order valence-electron chi connectivity index (χ4n) is 2.16. The standard InChI is InChI=1S/C18H17NO4/c1-3-23-18(22)16-12(2)19-14(11-15(16)17(20)21)10-9-13-7-5-4-6-8-13/h4-11H,3H2,1-2H3,(H,20,21)/b10-9+.